The standard InChI is InChI=1S/C10H17N3OS/c1-4-6(2)8(11)9(14)13-10-12-5-7(3)15-10/h5-6,8H,4,11H2,1-3H3,(H,12,13,14). The van der Waals surface area contributed by atoms with Gasteiger partial charge in [-0.1, -0.05) is 20.3 Å². The minimum atomic E-state index is -0.459. The van der Waals surface area contributed by atoms with Crippen molar-refractivity contribution in [2.45, 2.75) is 33.2 Å². The minimum absolute atomic E-state index is 0.154. The first-order valence-corrected chi connectivity index (χ1v) is 5.85. The quantitative estimate of drug-likeness (QED) is 0.823. The van der Waals surface area contributed by atoms with Gasteiger partial charge in [-0.25, -0.2) is 4.98 Å². The normalized spacial score (nSPS) is 14.7. The highest BCUT2D eigenvalue weighted by atomic mass is 32.1. The number of thiazole rings is 1. The van der Waals surface area contributed by atoms with Crippen LogP contribution in [0.2, 0.25) is 0 Å². The minimum Gasteiger partial charge on any atom is -0.320 e. The third kappa shape index (κ3) is 3.28. The van der Waals surface area contributed by atoms with E-state index < -0.39 is 6.04 Å². The van der Waals surface area contributed by atoms with Gasteiger partial charge in [0.1, 0.15) is 0 Å². The molecule has 15 heavy (non-hydrogen) atoms. The molecular weight excluding hydrogens is 210 g/mol. The number of nitrogens with two attached hydrogens (primary N) is 1. The number of anilines is 1. The van der Waals surface area contributed by atoms with Gasteiger partial charge >= 0.3 is 0 Å². The number of amides is 1. The summed E-state index contributed by atoms with van der Waals surface area (Å²) in [5.74, 6) is 0.0322. The Labute approximate surface area is 93.9 Å². The molecule has 4 nitrogen and oxygen atoms in total. The van der Waals surface area contributed by atoms with Crippen LogP contribution in [-0.4, -0.2) is 16.9 Å². The van der Waals surface area contributed by atoms with Crippen LogP contribution < -0.4 is 11.1 Å². The Balaban J connectivity index is 2.55. The molecule has 0 spiro atoms. The van der Waals surface area contributed by atoms with Crippen LogP contribution in [0.25, 0.3) is 0 Å². The average Bonchev–Trinajstić information content (AvgIpc) is 2.61. The van der Waals surface area contributed by atoms with Crippen molar-refractivity contribution in [2.75, 3.05) is 5.32 Å². The van der Waals surface area contributed by atoms with Gasteiger partial charge in [0, 0.05) is 11.1 Å². The lowest BCUT2D eigenvalue weighted by Crippen LogP contribution is -2.40. The summed E-state index contributed by atoms with van der Waals surface area (Å²) in [4.78, 5) is 16.8. The average molecular weight is 227 g/mol. The van der Waals surface area contributed by atoms with Crippen LogP contribution in [0.15, 0.2) is 6.20 Å². The topological polar surface area (TPSA) is 68.0 Å². The molecule has 0 aliphatic rings. The number of aromatic nitrogens is 1. The first-order chi connectivity index (χ1) is 7.04. The van der Waals surface area contributed by atoms with Gasteiger partial charge in [0.25, 0.3) is 0 Å². The van der Waals surface area contributed by atoms with Crippen LogP contribution in [0.5, 0.6) is 0 Å². The second-order valence-electron chi connectivity index (χ2n) is 3.68. The Morgan fingerprint density at radius 3 is 2.87 bits per heavy atom. The van der Waals surface area contributed by atoms with Gasteiger partial charge in [-0.15, -0.1) is 11.3 Å². The maximum atomic E-state index is 11.7. The Morgan fingerprint density at radius 1 is 1.73 bits per heavy atom. The van der Waals surface area contributed by atoms with E-state index in [1.165, 1.54) is 11.3 Å². The van der Waals surface area contributed by atoms with E-state index in [2.05, 4.69) is 10.3 Å². The number of hydrogen-bond acceptors (Lipinski definition) is 4. The zero-order chi connectivity index (χ0) is 11.4. The summed E-state index contributed by atoms with van der Waals surface area (Å²) in [5, 5.41) is 3.34. The summed E-state index contributed by atoms with van der Waals surface area (Å²) < 4.78 is 0. The summed E-state index contributed by atoms with van der Waals surface area (Å²) in [6.07, 6.45) is 2.63. The van der Waals surface area contributed by atoms with Gasteiger partial charge in [0.05, 0.1) is 6.04 Å². The summed E-state index contributed by atoms with van der Waals surface area (Å²) in [6.45, 7) is 5.94. The molecule has 2 unspecified atom stereocenters. The van der Waals surface area contributed by atoms with Gasteiger partial charge in [-0.05, 0) is 12.8 Å². The SMILES string of the molecule is CCC(C)C(N)C(=O)Nc1ncc(C)s1. The summed E-state index contributed by atoms with van der Waals surface area (Å²) in [6, 6.07) is -0.459. The summed E-state index contributed by atoms with van der Waals surface area (Å²) in [5.41, 5.74) is 5.79. The smallest absolute Gasteiger partial charge is 0.243 e. The van der Waals surface area contributed by atoms with Crippen molar-refractivity contribution < 1.29 is 4.79 Å². The molecule has 1 aromatic heterocycles. The molecule has 0 aliphatic heterocycles. The molecule has 2 atom stereocenters. The number of carbonyl (C=O) groups is 1. The second kappa shape index (κ2) is 5.23. The van der Waals surface area contributed by atoms with E-state index in [4.69, 9.17) is 5.73 Å². The molecule has 0 saturated carbocycles. The van der Waals surface area contributed by atoms with Gasteiger partial charge in [-0.3, -0.25) is 4.79 Å². The number of aryl methyl sites for hydroxylation is 1. The summed E-state index contributed by atoms with van der Waals surface area (Å²) >= 11 is 1.45. The lowest BCUT2D eigenvalue weighted by atomic mass is 10.00. The van der Waals surface area contributed by atoms with Crippen LogP contribution in [0, 0.1) is 12.8 Å². The Hall–Kier alpha value is -0.940. The van der Waals surface area contributed by atoms with Crippen molar-refractivity contribution in [1.29, 1.82) is 0 Å². The van der Waals surface area contributed by atoms with Gasteiger partial charge in [0.15, 0.2) is 5.13 Å². The largest absolute Gasteiger partial charge is 0.320 e. The van der Waals surface area contributed by atoms with Crippen molar-refractivity contribution in [1.82, 2.24) is 4.98 Å². The molecule has 5 heteroatoms. The van der Waals surface area contributed by atoms with Crippen molar-refractivity contribution in [3.05, 3.63) is 11.1 Å². The third-order valence-electron chi connectivity index (χ3n) is 2.41. The first-order valence-electron chi connectivity index (χ1n) is 5.03. The molecule has 0 fully saturated rings. The van der Waals surface area contributed by atoms with E-state index in [-0.39, 0.29) is 11.8 Å². The molecule has 3 N–H and O–H groups in total. The monoisotopic (exact) mass is 227 g/mol. The fraction of sp³-hybridized carbons (Fsp3) is 0.600. The molecule has 0 aliphatic carbocycles. The molecule has 84 valence electrons. The van der Waals surface area contributed by atoms with Gasteiger partial charge in [0.2, 0.25) is 5.91 Å². The highest BCUT2D eigenvalue weighted by Gasteiger charge is 2.19. The van der Waals surface area contributed by atoms with Crippen LogP contribution in [0.1, 0.15) is 25.1 Å². The zero-order valence-corrected chi connectivity index (χ0v) is 10.1. The molecule has 0 saturated heterocycles. The van der Waals surface area contributed by atoms with E-state index in [0.29, 0.717) is 5.13 Å². The Kier molecular flexibility index (Phi) is 4.23. The van der Waals surface area contributed by atoms with Gasteiger partial charge < -0.3 is 11.1 Å². The lowest BCUT2D eigenvalue weighted by molar-refractivity contribution is -0.118. The van der Waals surface area contributed by atoms with E-state index >= 15 is 0 Å². The highest BCUT2D eigenvalue weighted by Crippen LogP contribution is 2.17. The number of nitrogens with zero attached hydrogens (tertiary/aromatic N) is 1. The lowest BCUT2D eigenvalue weighted by Gasteiger charge is -2.16. The molecule has 1 amide bonds. The van der Waals surface area contributed by atoms with E-state index in [1.54, 1.807) is 6.20 Å². The van der Waals surface area contributed by atoms with E-state index in [9.17, 15) is 4.79 Å². The third-order valence-corrected chi connectivity index (χ3v) is 3.24. The number of nitrogens with one attached hydrogen (secondary N) is 1. The van der Waals surface area contributed by atoms with Crippen molar-refractivity contribution in [2.24, 2.45) is 11.7 Å². The number of carbonyl (C=O) groups excluding carboxylic acids is 1. The maximum Gasteiger partial charge on any atom is 0.243 e. The molecular formula is C10H17N3OS. The van der Waals surface area contributed by atoms with E-state index in [1.807, 2.05) is 20.8 Å². The van der Waals surface area contributed by atoms with Gasteiger partial charge in [-0.2, -0.15) is 0 Å². The molecule has 1 aromatic rings. The maximum absolute atomic E-state index is 11.7. The van der Waals surface area contributed by atoms with Crippen LogP contribution in [0.3, 0.4) is 0 Å². The predicted molar refractivity (Wildman–Crippen MR) is 62.9 cm³/mol. The fourth-order valence-electron chi connectivity index (χ4n) is 1.11. The van der Waals surface area contributed by atoms with Crippen molar-refractivity contribution in [3.63, 3.8) is 0 Å². The van der Waals surface area contributed by atoms with Crippen LogP contribution in [-0.2, 0) is 4.79 Å². The summed E-state index contributed by atoms with van der Waals surface area (Å²) in [7, 11) is 0. The Morgan fingerprint density at radius 2 is 2.40 bits per heavy atom. The molecule has 1 rings (SSSR count). The number of rotatable bonds is 4. The Bertz CT molecular complexity index is 337. The predicted octanol–water partition coefficient (Wildman–Crippen LogP) is 1.76. The highest BCUT2D eigenvalue weighted by molar-refractivity contribution is 7.15. The zero-order valence-electron chi connectivity index (χ0n) is 9.28. The molecule has 0 aromatic carbocycles. The van der Waals surface area contributed by atoms with Crippen molar-refractivity contribution >= 4 is 22.4 Å². The molecule has 1 heterocycles. The number of hydrogen-bond donors (Lipinski definition) is 2. The van der Waals surface area contributed by atoms with Crippen molar-refractivity contribution in [3.8, 4) is 0 Å². The van der Waals surface area contributed by atoms with Crippen LogP contribution >= 0.6 is 11.3 Å². The fourth-order valence-corrected chi connectivity index (χ4v) is 1.78. The second-order valence-corrected chi connectivity index (χ2v) is 4.91. The van der Waals surface area contributed by atoms with Crippen LogP contribution in [0.4, 0.5) is 5.13 Å². The molecule has 0 radical (unpaired) electrons. The first kappa shape index (κ1) is 12.1. The van der Waals surface area contributed by atoms with E-state index in [0.717, 1.165) is 11.3 Å². The molecule has 0 bridgehead atoms.